The molecule has 8 heavy (non-hydrogen) atoms. The molecule has 1 N–H and O–H groups in total. The van der Waals surface area contributed by atoms with Gasteiger partial charge in [-0.2, -0.15) is 0 Å². The Morgan fingerprint density at radius 2 is 1.12 bits per heavy atom. The van der Waals surface area contributed by atoms with Crippen LogP contribution in [0.3, 0.4) is 0 Å². The molecule has 0 saturated heterocycles. The van der Waals surface area contributed by atoms with Crippen molar-refractivity contribution in [2.45, 2.75) is 0 Å². The van der Waals surface area contributed by atoms with Crippen molar-refractivity contribution in [2.75, 3.05) is 0 Å². The largest absolute Gasteiger partial charge is 0.373 e. The molecule has 0 bridgehead atoms. The Kier molecular flexibility index (Phi) is 365. The molecule has 0 rings (SSSR count). The van der Waals surface area contributed by atoms with E-state index in [1.807, 2.05) is 0 Å². The first-order valence-electron chi connectivity index (χ1n) is 0.824. The smallest absolute Gasteiger partial charge is 0.00208 e. The lowest BCUT2D eigenvalue weighted by Gasteiger charge is -1.31. The first kappa shape index (κ1) is 26.8. The van der Waals surface area contributed by atoms with E-state index in [2.05, 4.69) is 0 Å². The third kappa shape index (κ3) is 174. The zero-order valence-electron chi connectivity index (χ0n) is 3.72. The van der Waals surface area contributed by atoms with Gasteiger partial charge in [0, 0.05) is 0 Å². The van der Waals surface area contributed by atoms with E-state index < -0.39 is 0 Å². The monoisotopic (exact) mass is 156 g/mol. The third-order valence-corrected chi connectivity index (χ3v) is 0. The molecule has 0 heterocycles. The highest BCUT2D eigenvalue weighted by atomic mass is 35.5. The van der Waals surface area contributed by atoms with Gasteiger partial charge in [0.25, 0.3) is 0 Å². The Balaban J connectivity index is -0.0000000160. The highest BCUT2D eigenvalue weighted by molar-refractivity contribution is 7.37. The number of hydrogen-bond acceptors (Lipinski definition) is 1. The molecule has 0 aromatic rings. The highest BCUT2D eigenvalue weighted by Gasteiger charge is 0.973. The first-order valence-corrected chi connectivity index (χ1v) is 0.824. The summed E-state index contributed by atoms with van der Waals surface area (Å²) in [6.45, 7) is 0. The molecule has 0 aromatic carbocycles. The molecule has 8 heteroatoms. The van der Waals surface area contributed by atoms with Crippen LogP contribution in [0.1, 0.15) is 0 Å². The summed E-state index contributed by atoms with van der Waals surface area (Å²) in [5.41, 5.74) is 25.8. The quantitative estimate of drug-likeness (QED) is 0.236. The van der Waals surface area contributed by atoms with Crippen LogP contribution in [0.15, 0.2) is 0 Å². The normalized spacial score (nSPS) is 2.00. The van der Waals surface area contributed by atoms with E-state index in [1.54, 1.807) is 4.91 Å². The van der Waals surface area contributed by atoms with E-state index in [0.29, 0.717) is 0 Å². The lowest BCUT2D eigenvalue weighted by molar-refractivity contribution is 1.45. The van der Waals surface area contributed by atoms with Crippen molar-refractivity contribution < 1.29 is 0 Å². The van der Waals surface area contributed by atoms with Crippen LogP contribution in [0.2, 0.25) is 0 Å². The minimum Gasteiger partial charge on any atom is -0.373 e. The van der Waals surface area contributed by atoms with E-state index in [1.165, 1.54) is 4.91 Å². The molecule has 0 spiro atoms. The van der Waals surface area contributed by atoms with Gasteiger partial charge in [-0.05, 0) is 10.4 Å². The molecule has 48 valence electrons. The maximum atomic E-state index is 6.86. The topological polar surface area (TPSA) is 119 Å². The molecule has 0 unspecified atom stereocenters. The van der Waals surface area contributed by atoms with E-state index in [0.717, 1.165) is 0 Å². The molecule has 0 aliphatic carbocycles. The summed E-state index contributed by atoms with van der Waals surface area (Å²) < 4.78 is 0. The summed E-state index contributed by atoms with van der Waals surface area (Å²) in [6, 6.07) is 0. The summed E-state index contributed by atoms with van der Waals surface area (Å²) in [6.07, 6.45) is 0. The molecule has 0 aromatic heterocycles. The predicted octanol–water partition coefficient (Wildman–Crippen LogP) is 1.36. The second-order valence-electron chi connectivity index (χ2n) is 0.189. The van der Waals surface area contributed by atoms with E-state index in [9.17, 15) is 0 Å². The molecule has 0 aliphatic heterocycles. The van der Waals surface area contributed by atoms with Gasteiger partial charge in [0.1, 0.15) is 0 Å². The average Bonchev–Trinajstić information content (AvgIpc) is 1.39. The molecular formula is H5ClN6S. The van der Waals surface area contributed by atoms with Crippen molar-refractivity contribution >= 4 is 25.9 Å². The maximum absolute atomic E-state index is 6.86. The first-order chi connectivity index (χ1) is 2.83. The van der Waals surface area contributed by atoms with Crippen molar-refractivity contribution in [3.63, 3.8) is 0 Å². The van der Waals surface area contributed by atoms with Gasteiger partial charge in [0.2, 0.25) is 0 Å². The van der Waals surface area contributed by atoms with Crippen LogP contribution < -0.4 is 0 Å². The minimum absolute atomic E-state index is 0. The predicted molar refractivity (Wildman–Crippen MR) is 38.3 cm³/mol. The molecule has 0 fully saturated rings. The number of halogens is 1. The van der Waals surface area contributed by atoms with E-state index in [-0.39, 0.29) is 25.9 Å². The Hall–Kier alpha value is -0.740. The summed E-state index contributed by atoms with van der Waals surface area (Å²) in [5, 5.41) is 0. The Morgan fingerprint density at radius 1 is 1.12 bits per heavy atom. The van der Waals surface area contributed by atoms with Crippen LogP contribution >= 0.6 is 12.4 Å². The van der Waals surface area contributed by atoms with Crippen LogP contribution in [0.25, 0.3) is 26.4 Å². The van der Waals surface area contributed by atoms with Crippen LogP contribution in [0.4, 0.5) is 0 Å². The summed E-state index contributed by atoms with van der Waals surface area (Å²) in [5.74, 6) is 0. The zero-order valence-corrected chi connectivity index (χ0v) is 5.69. The summed E-state index contributed by atoms with van der Waals surface area (Å²) >= 11 is 0. The van der Waals surface area contributed by atoms with Gasteiger partial charge < -0.3 is 11.1 Å². The average molecular weight is 157 g/mol. The molecular weight excluding hydrogens is 152 g/mol. The fourth-order valence-electron chi connectivity index (χ4n) is 0. The SMILES string of the molecule is Cl.[N-]=[N+]=N.[N-]=[N+]=[N-].[SH3+]. The van der Waals surface area contributed by atoms with Crippen LogP contribution in [-0.4, -0.2) is 0 Å². The summed E-state index contributed by atoms with van der Waals surface area (Å²) in [4.78, 5) is 3.25. The molecule has 0 saturated carbocycles. The van der Waals surface area contributed by atoms with Crippen LogP contribution in [-0.2, 0) is 13.5 Å². The Bertz CT molecular complexity index is 62.5. The van der Waals surface area contributed by atoms with Gasteiger partial charge in [-0.3, -0.25) is 4.91 Å². The Labute approximate surface area is 58.6 Å². The zero-order chi connectivity index (χ0) is 5.41. The van der Waals surface area contributed by atoms with E-state index in [4.69, 9.17) is 22.1 Å². The Morgan fingerprint density at radius 3 is 1.12 bits per heavy atom. The highest BCUT2D eigenvalue weighted by Crippen LogP contribution is 1.29. The van der Waals surface area contributed by atoms with Crippen molar-refractivity contribution in [2.24, 2.45) is 0 Å². The molecule has 0 aliphatic rings. The molecule has 6 nitrogen and oxygen atoms in total. The standard InChI is InChI=1S/ClH.HN3.N3.H2S/c;2*1-3-2;/h1H;1H;;1H2/q;;-1;/p+1. The third-order valence-electron chi connectivity index (χ3n) is 0. The fraction of sp³-hybridized carbons (Fsp3) is 0. The van der Waals surface area contributed by atoms with Gasteiger partial charge in [0.15, 0.2) is 0 Å². The fourth-order valence-corrected chi connectivity index (χ4v) is 0. The van der Waals surface area contributed by atoms with Crippen molar-refractivity contribution in [3.8, 4) is 0 Å². The lowest BCUT2D eigenvalue weighted by Crippen LogP contribution is -0.769. The molecule has 0 amide bonds. The van der Waals surface area contributed by atoms with Gasteiger partial charge >= 0.3 is 0 Å². The minimum atomic E-state index is 0. The number of nitrogens with zero attached hydrogens (tertiary/aromatic N) is 5. The van der Waals surface area contributed by atoms with Crippen LogP contribution in [0, 0.1) is 5.53 Å². The van der Waals surface area contributed by atoms with Crippen molar-refractivity contribution in [1.82, 2.24) is 0 Å². The van der Waals surface area contributed by atoms with Gasteiger partial charge in [-0.15, -0.1) is 17.9 Å². The number of hydrogen-bond donors (Lipinski definition) is 1. The van der Waals surface area contributed by atoms with Crippen molar-refractivity contribution in [1.29, 1.82) is 5.53 Å². The second-order valence-corrected chi connectivity index (χ2v) is 0.189. The number of rotatable bonds is 0. The second kappa shape index (κ2) is 109. The van der Waals surface area contributed by atoms with E-state index >= 15 is 0 Å². The van der Waals surface area contributed by atoms with Gasteiger partial charge in [0.05, 0.1) is 0 Å². The lowest BCUT2D eigenvalue weighted by atomic mass is 13.0. The van der Waals surface area contributed by atoms with Crippen LogP contribution in [0.5, 0.6) is 0 Å². The maximum Gasteiger partial charge on any atom is -0.00208 e. The molecule has 0 atom stereocenters. The molecule has 0 radical (unpaired) electrons. The van der Waals surface area contributed by atoms with Crippen molar-refractivity contribution in [3.05, 3.63) is 26.4 Å². The van der Waals surface area contributed by atoms with Gasteiger partial charge in [-0.1, -0.05) is 13.5 Å². The number of nitrogens with one attached hydrogen (secondary N) is 1. The van der Waals surface area contributed by atoms with Gasteiger partial charge in [-0.25, -0.2) is 0 Å². The summed E-state index contributed by atoms with van der Waals surface area (Å²) in [7, 11) is 0.